The SMILES string of the molecule is CCOc1ccc(-c2nc(-c3ccc(C)cc3)cs2)cc1N. The lowest BCUT2D eigenvalue weighted by atomic mass is 10.1. The number of benzene rings is 2. The molecular weight excluding hydrogens is 292 g/mol. The second-order valence-electron chi connectivity index (χ2n) is 5.09. The fraction of sp³-hybridized carbons (Fsp3) is 0.167. The summed E-state index contributed by atoms with van der Waals surface area (Å²) >= 11 is 1.62. The predicted molar refractivity (Wildman–Crippen MR) is 93.3 cm³/mol. The Balaban J connectivity index is 1.90. The summed E-state index contributed by atoms with van der Waals surface area (Å²) in [5.74, 6) is 0.724. The number of aromatic nitrogens is 1. The largest absolute Gasteiger partial charge is 0.492 e. The van der Waals surface area contributed by atoms with E-state index in [2.05, 4.69) is 36.6 Å². The number of nitrogen functional groups attached to an aromatic ring is 1. The highest BCUT2D eigenvalue weighted by molar-refractivity contribution is 7.13. The second kappa shape index (κ2) is 6.20. The van der Waals surface area contributed by atoms with Crippen LogP contribution in [0.15, 0.2) is 47.8 Å². The average Bonchev–Trinajstić information content (AvgIpc) is 3.00. The van der Waals surface area contributed by atoms with E-state index in [1.165, 1.54) is 5.56 Å². The quantitative estimate of drug-likeness (QED) is 0.706. The third-order valence-corrected chi connectivity index (χ3v) is 4.30. The lowest BCUT2D eigenvalue weighted by molar-refractivity contribution is 0.342. The molecule has 2 N–H and O–H groups in total. The van der Waals surface area contributed by atoms with Crippen LogP contribution in [0.4, 0.5) is 5.69 Å². The number of rotatable bonds is 4. The van der Waals surface area contributed by atoms with Crippen molar-refractivity contribution in [2.24, 2.45) is 0 Å². The molecule has 22 heavy (non-hydrogen) atoms. The van der Waals surface area contributed by atoms with Crippen molar-refractivity contribution in [1.29, 1.82) is 0 Å². The third-order valence-electron chi connectivity index (χ3n) is 3.41. The minimum absolute atomic E-state index is 0.609. The van der Waals surface area contributed by atoms with E-state index in [1.54, 1.807) is 11.3 Å². The molecule has 0 amide bonds. The zero-order valence-electron chi connectivity index (χ0n) is 12.7. The summed E-state index contributed by atoms with van der Waals surface area (Å²) in [6, 6.07) is 14.2. The van der Waals surface area contributed by atoms with Gasteiger partial charge in [0.05, 0.1) is 18.0 Å². The Morgan fingerprint density at radius 2 is 1.82 bits per heavy atom. The van der Waals surface area contributed by atoms with E-state index >= 15 is 0 Å². The van der Waals surface area contributed by atoms with Gasteiger partial charge < -0.3 is 10.5 Å². The van der Waals surface area contributed by atoms with Crippen molar-refractivity contribution in [1.82, 2.24) is 4.98 Å². The van der Waals surface area contributed by atoms with E-state index in [0.29, 0.717) is 12.3 Å². The van der Waals surface area contributed by atoms with Gasteiger partial charge in [-0.3, -0.25) is 0 Å². The van der Waals surface area contributed by atoms with Gasteiger partial charge in [0, 0.05) is 16.5 Å². The molecule has 0 saturated carbocycles. The summed E-state index contributed by atoms with van der Waals surface area (Å²) in [6.07, 6.45) is 0. The van der Waals surface area contributed by atoms with E-state index in [-0.39, 0.29) is 0 Å². The first-order chi connectivity index (χ1) is 10.7. The van der Waals surface area contributed by atoms with Crippen molar-refractivity contribution in [3.05, 3.63) is 53.4 Å². The molecule has 0 radical (unpaired) electrons. The van der Waals surface area contributed by atoms with Gasteiger partial charge in [-0.1, -0.05) is 29.8 Å². The van der Waals surface area contributed by atoms with E-state index in [4.69, 9.17) is 15.5 Å². The summed E-state index contributed by atoms with van der Waals surface area (Å²) in [5, 5.41) is 3.04. The van der Waals surface area contributed by atoms with Crippen molar-refractivity contribution in [2.45, 2.75) is 13.8 Å². The molecule has 3 nitrogen and oxygen atoms in total. The molecular formula is C18H18N2OS. The Bertz CT molecular complexity index is 778. The summed E-state index contributed by atoms with van der Waals surface area (Å²) < 4.78 is 5.47. The minimum Gasteiger partial charge on any atom is -0.492 e. The van der Waals surface area contributed by atoms with Gasteiger partial charge >= 0.3 is 0 Å². The standard InChI is InChI=1S/C18H18N2OS/c1-3-21-17-9-8-14(10-15(17)19)18-20-16(11-22-18)13-6-4-12(2)5-7-13/h4-11H,3,19H2,1-2H3. The van der Waals surface area contributed by atoms with Gasteiger partial charge in [0.15, 0.2) is 0 Å². The number of anilines is 1. The lowest BCUT2D eigenvalue weighted by Gasteiger charge is -2.07. The molecule has 0 atom stereocenters. The summed E-state index contributed by atoms with van der Waals surface area (Å²) in [5.41, 5.74) is 11.1. The van der Waals surface area contributed by atoms with Crippen molar-refractivity contribution >= 4 is 17.0 Å². The van der Waals surface area contributed by atoms with Crippen LogP contribution in [-0.4, -0.2) is 11.6 Å². The molecule has 0 spiro atoms. The van der Waals surface area contributed by atoms with E-state index in [9.17, 15) is 0 Å². The van der Waals surface area contributed by atoms with Gasteiger partial charge in [-0.15, -0.1) is 11.3 Å². The van der Waals surface area contributed by atoms with E-state index in [1.807, 2.05) is 25.1 Å². The van der Waals surface area contributed by atoms with Gasteiger partial charge in [-0.05, 0) is 32.0 Å². The zero-order chi connectivity index (χ0) is 15.5. The van der Waals surface area contributed by atoms with Crippen LogP contribution in [0.5, 0.6) is 5.75 Å². The normalized spacial score (nSPS) is 10.6. The molecule has 1 heterocycles. The monoisotopic (exact) mass is 310 g/mol. The van der Waals surface area contributed by atoms with Crippen LogP contribution in [0.3, 0.4) is 0 Å². The molecule has 0 saturated heterocycles. The minimum atomic E-state index is 0.609. The Morgan fingerprint density at radius 3 is 2.50 bits per heavy atom. The number of thiazole rings is 1. The zero-order valence-corrected chi connectivity index (χ0v) is 13.5. The summed E-state index contributed by atoms with van der Waals surface area (Å²) in [4.78, 5) is 4.72. The first-order valence-electron chi connectivity index (χ1n) is 7.22. The predicted octanol–water partition coefficient (Wildman–Crippen LogP) is 4.77. The number of nitrogens with two attached hydrogens (primary N) is 1. The molecule has 1 aromatic heterocycles. The Hall–Kier alpha value is -2.33. The summed E-state index contributed by atoms with van der Waals surface area (Å²) in [7, 11) is 0. The molecule has 112 valence electrons. The maximum absolute atomic E-state index is 6.03. The van der Waals surface area contributed by atoms with Gasteiger partial charge in [-0.25, -0.2) is 4.98 Å². The van der Waals surface area contributed by atoms with Gasteiger partial charge in [0.25, 0.3) is 0 Å². The van der Waals surface area contributed by atoms with Crippen LogP contribution in [0.25, 0.3) is 21.8 Å². The van der Waals surface area contributed by atoms with Gasteiger partial charge in [0.2, 0.25) is 0 Å². The molecule has 0 bridgehead atoms. The average molecular weight is 310 g/mol. The second-order valence-corrected chi connectivity index (χ2v) is 5.95. The maximum Gasteiger partial charge on any atom is 0.142 e. The third kappa shape index (κ3) is 2.97. The number of ether oxygens (including phenoxy) is 1. The highest BCUT2D eigenvalue weighted by atomic mass is 32.1. The van der Waals surface area contributed by atoms with Crippen molar-refractivity contribution in [2.75, 3.05) is 12.3 Å². The van der Waals surface area contributed by atoms with Crippen LogP contribution in [0.1, 0.15) is 12.5 Å². The van der Waals surface area contributed by atoms with Gasteiger partial charge in [0.1, 0.15) is 10.8 Å². The van der Waals surface area contributed by atoms with Crippen LogP contribution in [0, 0.1) is 6.92 Å². The smallest absolute Gasteiger partial charge is 0.142 e. The molecule has 0 unspecified atom stereocenters. The highest BCUT2D eigenvalue weighted by Crippen LogP contribution is 2.32. The number of hydrogen-bond donors (Lipinski definition) is 1. The van der Waals surface area contributed by atoms with Gasteiger partial charge in [-0.2, -0.15) is 0 Å². The molecule has 0 aliphatic heterocycles. The molecule has 4 heteroatoms. The molecule has 3 aromatic rings. The highest BCUT2D eigenvalue weighted by Gasteiger charge is 2.09. The topological polar surface area (TPSA) is 48.1 Å². The molecule has 2 aromatic carbocycles. The van der Waals surface area contributed by atoms with E-state index in [0.717, 1.165) is 27.6 Å². The van der Waals surface area contributed by atoms with Crippen LogP contribution >= 0.6 is 11.3 Å². The number of nitrogens with zero attached hydrogens (tertiary/aromatic N) is 1. The maximum atomic E-state index is 6.03. The fourth-order valence-electron chi connectivity index (χ4n) is 2.23. The number of aryl methyl sites for hydroxylation is 1. The van der Waals surface area contributed by atoms with E-state index < -0.39 is 0 Å². The Morgan fingerprint density at radius 1 is 1.09 bits per heavy atom. The molecule has 0 aliphatic rings. The lowest BCUT2D eigenvalue weighted by Crippen LogP contribution is -1.96. The first-order valence-corrected chi connectivity index (χ1v) is 8.10. The Labute approximate surface area is 134 Å². The molecule has 0 aliphatic carbocycles. The Kier molecular flexibility index (Phi) is 4.11. The fourth-order valence-corrected chi connectivity index (χ4v) is 3.06. The van der Waals surface area contributed by atoms with Crippen molar-refractivity contribution in [3.63, 3.8) is 0 Å². The molecule has 0 fully saturated rings. The van der Waals surface area contributed by atoms with Crippen molar-refractivity contribution < 1.29 is 4.74 Å². The van der Waals surface area contributed by atoms with Crippen molar-refractivity contribution in [3.8, 4) is 27.6 Å². The first kappa shape index (κ1) is 14.6. The number of hydrogen-bond acceptors (Lipinski definition) is 4. The van der Waals surface area contributed by atoms with Crippen LogP contribution < -0.4 is 10.5 Å². The summed E-state index contributed by atoms with van der Waals surface area (Å²) in [6.45, 7) is 4.64. The van der Waals surface area contributed by atoms with Crippen LogP contribution in [-0.2, 0) is 0 Å². The van der Waals surface area contributed by atoms with Crippen LogP contribution in [0.2, 0.25) is 0 Å². The molecule has 3 rings (SSSR count).